The van der Waals surface area contributed by atoms with Gasteiger partial charge in [0, 0.05) is 22.7 Å². The molecule has 7 nitrogen and oxygen atoms in total. The van der Waals surface area contributed by atoms with Gasteiger partial charge in [-0.25, -0.2) is 4.98 Å². The third kappa shape index (κ3) is 5.09. The smallest absolute Gasteiger partial charge is 0.368 e. The maximum Gasteiger partial charge on any atom is 0.408 e. The number of thiazole rings is 1. The van der Waals surface area contributed by atoms with Crippen LogP contribution in [-0.2, 0) is 4.79 Å². The van der Waals surface area contributed by atoms with Crippen molar-refractivity contribution in [2.75, 3.05) is 0 Å². The van der Waals surface area contributed by atoms with Gasteiger partial charge in [0.1, 0.15) is 16.6 Å². The molecule has 1 aromatic carbocycles. The van der Waals surface area contributed by atoms with Gasteiger partial charge in [-0.1, -0.05) is 38.1 Å². The Morgan fingerprint density at radius 3 is 2.46 bits per heavy atom. The number of primary amides is 1. The topological polar surface area (TPSA) is 112 Å². The molecule has 0 aliphatic heterocycles. The lowest BCUT2D eigenvalue weighted by Gasteiger charge is -2.41. The van der Waals surface area contributed by atoms with Crippen molar-refractivity contribution in [1.82, 2.24) is 20.1 Å². The van der Waals surface area contributed by atoms with Crippen molar-refractivity contribution in [2.24, 2.45) is 11.7 Å². The molecule has 4 rings (SSSR count). The van der Waals surface area contributed by atoms with E-state index in [0.717, 1.165) is 15.5 Å². The number of amides is 1. The first-order valence-electron chi connectivity index (χ1n) is 11.2. The van der Waals surface area contributed by atoms with E-state index >= 15 is 0 Å². The van der Waals surface area contributed by atoms with Gasteiger partial charge in [-0.3, -0.25) is 14.8 Å². The standard InChI is InChI=1S/C24H25F3N6OS/c1-14(2)9-19(21(29)34)33(23(13-28)7-8-23)20(24(25,26)27)16-5-3-15(4-6-16)18-12-35-22(32-18)17-10-30-31-11-17/h3-6,10-12,14,19-20H,7-9H2,1-2H3,(H2,29,34)(H,30,31)/t19-,20-/m0/s1. The molecule has 35 heavy (non-hydrogen) atoms. The molecule has 3 aromatic rings. The summed E-state index contributed by atoms with van der Waals surface area (Å²) in [5, 5.41) is 19.0. The Morgan fingerprint density at radius 2 is 1.97 bits per heavy atom. The van der Waals surface area contributed by atoms with Crippen molar-refractivity contribution >= 4 is 17.2 Å². The van der Waals surface area contributed by atoms with Crippen LogP contribution in [0.5, 0.6) is 0 Å². The first kappa shape index (κ1) is 24.9. The number of benzene rings is 1. The monoisotopic (exact) mass is 502 g/mol. The summed E-state index contributed by atoms with van der Waals surface area (Å²) in [6.45, 7) is 3.62. The molecule has 2 heterocycles. The minimum atomic E-state index is -4.73. The summed E-state index contributed by atoms with van der Waals surface area (Å²) in [6.07, 6.45) is -0.739. The molecule has 1 amide bonds. The summed E-state index contributed by atoms with van der Waals surface area (Å²) in [6, 6.07) is 4.60. The summed E-state index contributed by atoms with van der Waals surface area (Å²) in [4.78, 5) is 17.9. The molecule has 11 heteroatoms. The lowest BCUT2D eigenvalue weighted by molar-refractivity contribution is -0.200. The zero-order valence-corrected chi connectivity index (χ0v) is 20.0. The normalized spacial score (nSPS) is 16.7. The number of carbonyl (C=O) groups is 1. The molecule has 3 N–H and O–H groups in total. The SMILES string of the molecule is CC(C)C[C@@H](C(N)=O)N([C@@H](c1ccc(-c2csc(-c3cn[nH]c3)n2)cc1)C(F)(F)F)C1(C#N)CC1. The Balaban J connectivity index is 1.72. The number of hydrogen-bond acceptors (Lipinski definition) is 6. The number of hydrogen-bond donors (Lipinski definition) is 2. The van der Waals surface area contributed by atoms with E-state index in [-0.39, 0.29) is 30.7 Å². The Kier molecular flexibility index (Phi) is 6.71. The van der Waals surface area contributed by atoms with Crippen LogP contribution in [-0.4, -0.2) is 43.7 Å². The van der Waals surface area contributed by atoms with E-state index in [1.807, 2.05) is 25.3 Å². The molecule has 2 atom stereocenters. The molecule has 1 fully saturated rings. The molecule has 0 unspecified atom stereocenters. The van der Waals surface area contributed by atoms with Crippen molar-refractivity contribution in [3.8, 4) is 27.9 Å². The molecule has 0 spiro atoms. The van der Waals surface area contributed by atoms with Crippen LogP contribution in [0.1, 0.15) is 44.7 Å². The number of H-pyrrole nitrogens is 1. The number of nitrogens with zero attached hydrogens (tertiary/aromatic N) is 4. The van der Waals surface area contributed by atoms with Crippen molar-refractivity contribution in [2.45, 2.75) is 56.9 Å². The minimum Gasteiger partial charge on any atom is -0.368 e. The van der Waals surface area contributed by atoms with Gasteiger partial charge in [0.2, 0.25) is 5.91 Å². The Morgan fingerprint density at radius 1 is 1.29 bits per heavy atom. The second-order valence-corrected chi connectivity index (χ2v) is 10.0. The highest BCUT2D eigenvalue weighted by molar-refractivity contribution is 7.13. The maximum atomic E-state index is 14.6. The van der Waals surface area contributed by atoms with Crippen molar-refractivity contribution in [3.05, 3.63) is 47.6 Å². The number of nitrogens with one attached hydrogen (secondary N) is 1. The number of nitrogens with two attached hydrogens (primary N) is 1. The summed E-state index contributed by atoms with van der Waals surface area (Å²) in [5.74, 6) is -0.949. The van der Waals surface area contributed by atoms with Crippen LogP contribution in [0.15, 0.2) is 42.0 Å². The number of alkyl halides is 3. The van der Waals surface area contributed by atoms with Gasteiger partial charge in [0.15, 0.2) is 0 Å². The Hall–Kier alpha value is -3.23. The van der Waals surface area contributed by atoms with Gasteiger partial charge in [-0.15, -0.1) is 11.3 Å². The lowest BCUT2D eigenvalue weighted by atomic mass is 9.93. The van der Waals surface area contributed by atoms with E-state index in [9.17, 15) is 23.2 Å². The number of aromatic nitrogens is 3. The highest BCUT2D eigenvalue weighted by atomic mass is 32.1. The summed E-state index contributed by atoms with van der Waals surface area (Å²) < 4.78 is 43.7. The number of rotatable bonds is 9. The predicted molar refractivity (Wildman–Crippen MR) is 126 cm³/mol. The van der Waals surface area contributed by atoms with E-state index in [2.05, 4.69) is 15.2 Å². The molecule has 1 aliphatic carbocycles. The second-order valence-electron chi connectivity index (χ2n) is 9.19. The van der Waals surface area contributed by atoms with E-state index in [0.29, 0.717) is 11.3 Å². The molecule has 184 valence electrons. The summed E-state index contributed by atoms with van der Waals surface area (Å²) in [5.41, 5.74) is 6.27. The van der Waals surface area contributed by atoms with Crippen LogP contribution in [0.3, 0.4) is 0 Å². The van der Waals surface area contributed by atoms with Crippen LogP contribution in [0, 0.1) is 17.2 Å². The van der Waals surface area contributed by atoms with Crippen molar-refractivity contribution < 1.29 is 18.0 Å². The predicted octanol–water partition coefficient (Wildman–Crippen LogP) is 5.06. The zero-order valence-electron chi connectivity index (χ0n) is 19.2. The summed E-state index contributed by atoms with van der Waals surface area (Å²) >= 11 is 1.40. The fourth-order valence-electron chi connectivity index (χ4n) is 4.34. The zero-order chi connectivity index (χ0) is 25.4. The number of nitriles is 1. The van der Waals surface area contributed by atoms with Gasteiger partial charge in [-0.05, 0) is 30.7 Å². The molecule has 0 radical (unpaired) electrons. The van der Waals surface area contributed by atoms with Gasteiger partial charge < -0.3 is 5.73 Å². The highest BCUT2D eigenvalue weighted by Gasteiger charge is 2.60. The number of halogens is 3. The molecule has 2 aromatic heterocycles. The van der Waals surface area contributed by atoms with Crippen LogP contribution < -0.4 is 5.73 Å². The molecular formula is C24H25F3N6OS. The van der Waals surface area contributed by atoms with E-state index in [1.54, 1.807) is 24.5 Å². The Labute approximate surface area is 204 Å². The molecule has 1 saturated carbocycles. The number of aromatic amines is 1. The Bertz CT molecular complexity index is 1210. The molecular weight excluding hydrogens is 477 g/mol. The highest BCUT2D eigenvalue weighted by Crippen LogP contribution is 2.52. The average Bonchev–Trinajstić information content (AvgIpc) is 3.17. The molecule has 0 saturated heterocycles. The first-order chi connectivity index (χ1) is 16.6. The minimum absolute atomic E-state index is 0.0527. The molecule has 1 aliphatic rings. The third-order valence-electron chi connectivity index (χ3n) is 6.14. The van der Waals surface area contributed by atoms with Gasteiger partial charge in [0.25, 0.3) is 0 Å². The van der Waals surface area contributed by atoms with E-state index < -0.39 is 29.7 Å². The lowest BCUT2D eigenvalue weighted by Crippen LogP contribution is -2.56. The quantitative estimate of drug-likeness (QED) is 0.425. The fraction of sp³-hybridized carbons (Fsp3) is 0.417. The fourth-order valence-corrected chi connectivity index (χ4v) is 5.15. The van der Waals surface area contributed by atoms with Gasteiger partial charge in [0.05, 0.1) is 24.0 Å². The van der Waals surface area contributed by atoms with Crippen LogP contribution in [0.2, 0.25) is 0 Å². The van der Waals surface area contributed by atoms with Gasteiger partial charge in [-0.2, -0.15) is 23.5 Å². The second kappa shape index (κ2) is 9.43. The largest absolute Gasteiger partial charge is 0.408 e. The van der Waals surface area contributed by atoms with Crippen molar-refractivity contribution in [3.63, 3.8) is 0 Å². The third-order valence-corrected chi connectivity index (χ3v) is 7.04. The van der Waals surface area contributed by atoms with Crippen LogP contribution >= 0.6 is 11.3 Å². The average molecular weight is 503 g/mol. The first-order valence-corrected chi connectivity index (χ1v) is 12.0. The van der Waals surface area contributed by atoms with Crippen LogP contribution in [0.4, 0.5) is 13.2 Å². The van der Waals surface area contributed by atoms with Crippen LogP contribution in [0.25, 0.3) is 21.8 Å². The molecule has 0 bridgehead atoms. The van der Waals surface area contributed by atoms with E-state index in [1.165, 1.54) is 23.5 Å². The summed E-state index contributed by atoms with van der Waals surface area (Å²) in [7, 11) is 0. The number of carbonyl (C=O) groups excluding carboxylic acids is 1. The van der Waals surface area contributed by atoms with E-state index in [4.69, 9.17) is 5.73 Å². The maximum absolute atomic E-state index is 14.6. The van der Waals surface area contributed by atoms with Crippen molar-refractivity contribution in [1.29, 1.82) is 5.26 Å². The van der Waals surface area contributed by atoms with Gasteiger partial charge >= 0.3 is 6.18 Å².